The molecule has 2 fully saturated rings. The van der Waals surface area contributed by atoms with E-state index in [-0.39, 0.29) is 5.82 Å². The molecule has 3 aliphatic rings. The Labute approximate surface area is 116 Å². The summed E-state index contributed by atoms with van der Waals surface area (Å²) in [4.78, 5) is 0. The fraction of sp³-hybridized carbons (Fsp3) is 0.400. The van der Waals surface area contributed by atoms with Crippen molar-refractivity contribution < 1.29 is 4.39 Å². The normalized spacial score (nSPS) is 27.5. The molecule has 2 aromatic rings. The topological polar surface area (TPSA) is 24.3 Å². The largest absolute Gasteiger partial charge is 0.267 e. The molecule has 0 aliphatic carbocycles. The van der Waals surface area contributed by atoms with Crippen LogP contribution in [0.4, 0.5) is 4.39 Å². The van der Waals surface area contributed by atoms with Crippen LogP contribution in [-0.4, -0.2) is 38.9 Å². The van der Waals surface area contributed by atoms with Gasteiger partial charge < -0.3 is 0 Å². The van der Waals surface area contributed by atoms with Gasteiger partial charge in [0, 0.05) is 37.3 Å². The maximum absolute atomic E-state index is 13.1. The number of hydrogen-bond acceptors (Lipinski definition) is 3. The first kappa shape index (κ1) is 11.0. The maximum atomic E-state index is 13.1. The van der Waals surface area contributed by atoms with Crippen LogP contribution in [0.5, 0.6) is 0 Å². The third-order valence-electron chi connectivity index (χ3n) is 4.87. The summed E-state index contributed by atoms with van der Waals surface area (Å²) in [6.07, 6.45) is 1.06. The Morgan fingerprint density at radius 1 is 1.20 bits per heavy atom. The van der Waals surface area contributed by atoms with Gasteiger partial charge >= 0.3 is 0 Å². The van der Waals surface area contributed by atoms with Gasteiger partial charge in [0.25, 0.3) is 0 Å². The zero-order chi connectivity index (χ0) is 13.4. The van der Waals surface area contributed by atoms with E-state index in [0.29, 0.717) is 12.1 Å². The Morgan fingerprint density at radius 3 is 2.75 bits per heavy atom. The van der Waals surface area contributed by atoms with Crippen LogP contribution in [0.15, 0.2) is 24.3 Å². The van der Waals surface area contributed by atoms with Crippen molar-refractivity contribution in [1.82, 2.24) is 19.8 Å². The van der Waals surface area contributed by atoms with Gasteiger partial charge in [0.1, 0.15) is 5.82 Å². The summed E-state index contributed by atoms with van der Waals surface area (Å²) in [7, 11) is 1.99. The van der Waals surface area contributed by atoms with Crippen molar-refractivity contribution >= 4 is 0 Å². The van der Waals surface area contributed by atoms with E-state index in [2.05, 4.69) is 10.0 Å². The predicted octanol–water partition coefficient (Wildman–Crippen LogP) is 1.74. The first-order valence-corrected chi connectivity index (χ1v) is 7.07. The minimum Gasteiger partial charge on any atom is -0.267 e. The predicted molar refractivity (Wildman–Crippen MR) is 72.2 cm³/mol. The molecular weight excluding hydrogens is 255 g/mol. The number of hydrogen-bond donors (Lipinski definition) is 0. The summed E-state index contributed by atoms with van der Waals surface area (Å²) in [5, 5.41) is 9.60. The second-order valence-electron chi connectivity index (χ2n) is 5.97. The number of fused-ring (bicyclic) bond motifs is 2. The average Bonchev–Trinajstić information content (AvgIpc) is 2.70. The molecule has 2 saturated heterocycles. The zero-order valence-corrected chi connectivity index (χ0v) is 11.3. The van der Waals surface area contributed by atoms with E-state index in [1.807, 2.05) is 23.9 Å². The van der Waals surface area contributed by atoms with Crippen molar-refractivity contribution in [3.63, 3.8) is 0 Å². The highest BCUT2D eigenvalue weighted by Crippen LogP contribution is 2.48. The molecule has 2 atom stereocenters. The van der Waals surface area contributed by atoms with Gasteiger partial charge in [-0.05, 0) is 30.7 Å². The molecule has 0 spiro atoms. The lowest BCUT2D eigenvalue weighted by Gasteiger charge is -2.65. The van der Waals surface area contributed by atoms with Gasteiger partial charge in [0.2, 0.25) is 0 Å². The minimum atomic E-state index is -0.190. The summed E-state index contributed by atoms with van der Waals surface area (Å²) in [5.74, 6) is -0.190. The molecule has 3 aliphatic heterocycles. The Kier molecular flexibility index (Phi) is 1.91. The highest BCUT2D eigenvalue weighted by molar-refractivity contribution is 5.66. The van der Waals surface area contributed by atoms with E-state index in [9.17, 15) is 4.39 Å². The lowest BCUT2D eigenvalue weighted by Crippen LogP contribution is -2.76. The van der Waals surface area contributed by atoms with Crippen molar-refractivity contribution in [2.45, 2.75) is 18.5 Å². The van der Waals surface area contributed by atoms with Crippen LogP contribution in [0, 0.1) is 5.82 Å². The molecule has 20 heavy (non-hydrogen) atoms. The van der Waals surface area contributed by atoms with Crippen LogP contribution in [0.3, 0.4) is 0 Å². The number of piperazine rings is 1. The van der Waals surface area contributed by atoms with Gasteiger partial charge in [0.05, 0.1) is 17.4 Å². The quantitative estimate of drug-likeness (QED) is 0.789. The van der Waals surface area contributed by atoms with E-state index >= 15 is 0 Å². The van der Waals surface area contributed by atoms with Crippen molar-refractivity contribution in [3.05, 3.63) is 41.3 Å². The Bertz CT molecular complexity index is 705. The average molecular weight is 270 g/mol. The number of aromatic nitrogens is 2. The van der Waals surface area contributed by atoms with Gasteiger partial charge in [-0.15, -0.1) is 0 Å². The molecule has 0 saturated carbocycles. The molecule has 102 valence electrons. The molecule has 4 heterocycles. The van der Waals surface area contributed by atoms with Gasteiger partial charge in [-0.25, -0.2) is 14.4 Å². The fourth-order valence-corrected chi connectivity index (χ4v) is 4.00. The molecule has 0 amide bonds. The number of benzene rings is 1. The third kappa shape index (κ3) is 1.20. The minimum absolute atomic E-state index is 0.190. The smallest absolute Gasteiger partial charge is 0.123 e. The lowest BCUT2D eigenvalue weighted by molar-refractivity contribution is -0.283. The van der Waals surface area contributed by atoms with Crippen LogP contribution >= 0.6 is 0 Å². The molecule has 5 heteroatoms. The Morgan fingerprint density at radius 2 is 2.00 bits per heavy atom. The van der Waals surface area contributed by atoms with Gasteiger partial charge in [-0.3, -0.25) is 4.68 Å². The third-order valence-corrected chi connectivity index (χ3v) is 4.87. The zero-order valence-electron chi connectivity index (χ0n) is 11.3. The highest BCUT2D eigenvalue weighted by atomic mass is 19.1. The molecule has 0 bridgehead atoms. The Balaban J connectivity index is 1.67. The van der Waals surface area contributed by atoms with Gasteiger partial charge in [-0.1, -0.05) is 0 Å². The van der Waals surface area contributed by atoms with Crippen molar-refractivity contribution in [3.8, 4) is 11.3 Å². The van der Waals surface area contributed by atoms with Crippen molar-refractivity contribution in [2.75, 3.05) is 13.1 Å². The molecular formula is C15H15FN4. The first-order valence-electron chi connectivity index (χ1n) is 7.07. The standard InChI is InChI=1S/C15H15FN4/c1-18-15(9-2-4-10(16)5-3-9)12-6-11-7-19-8-13(20(11)19)14(12)17-18/h2-5,11,13H,6-8H2,1H3. The van der Waals surface area contributed by atoms with E-state index in [1.54, 1.807) is 0 Å². The van der Waals surface area contributed by atoms with Crippen LogP contribution in [0.1, 0.15) is 17.3 Å². The molecule has 0 N–H and O–H groups in total. The number of hydrazine groups is 1. The number of aryl methyl sites for hydroxylation is 1. The second kappa shape index (κ2) is 3.48. The Hall–Kier alpha value is -1.72. The van der Waals surface area contributed by atoms with Gasteiger partial charge in [0.15, 0.2) is 0 Å². The van der Waals surface area contributed by atoms with Crippen LogP contribution in [0.25, 0.3) is 11.3 Å². The highest BCUT2D eigenvalue weighted by Gasteiger charge is 2.55. The van der Waals surface area contributed by atoms with E-state index in [0.717, 1.165) is 24.2 Å². The summed E-state index contributed by atoms with van der Waals surface area (Å²) in [6, 6.07) is 7.87. The summed E-state index contributed by atoms with van der Waals surface area (Å²) >= 11 is 0. The molecule has 2 unspecified atom stereocenters. The SMILES string of the molecule is Cn1nc2c(c1-c1ccc(F)cc1)CC1CN3CC2N13. The summed E-state index contributed by atoms with van der Waals surface area (Å²) in [6.45, 7) is 2.27. The van der Waals surface area contributed by atoms with Crippen LogP contribution in [0.2, 0.25) is 0 Å². The summed E-state index contributed by atoms with van der Waals surface area (Å²) in [5.41, 5.74) is 4.81. The van der Waals surface area contributed by atoms with E-state index < -0.39 is 0 Å². The van der Waals surface area contributed by atoms with E-state index in [1.165, 1.54) is 29.9 Å². The first-order chi connectivity index (χ1) is 9.72. The van der Waals surface area contributed by atoms with Gasteiger partial charge in [-0.2, -0.15) is 5.10 Å². The summed E-state index contributed by atoms with van der Waals surface area (Å²) < 4.78 is 15.1. The molecule has 4 nitrogen and oxygen atoms in total. The van der Waals surface area contributed by atoms with Crippen LogP contribution < -0.4 is 0 Å². The molecule has 0 radical (unpaired) electrons. The van der Waals surface area contributed by atoms with Crippen molar-refractivity contribution in [1.29, 1.82) is 0 Å². The lowest BCUT2D eigenvalue weighted by atomic mass is 9.84. The molecule has 1 aromatic heterocycles. The van der Waals surface area contributed by atoms with Crippen molar-refractivity contribution in [2.24, 2.45) is 7.05 Å². The number of rotatable bonds is 1. The van der Waals surface area contributed by atoms with E-state index in [4.69, 9.17) is 5.10 Å². The molecule has 1 aromatic carbocycles. The fourth-order valence-electron chi connectivity index (χ4n) is 4.00. The number of nitrogens with zero attached hydrogens (tertiary/aromatic N) is 4. The molecule has 5 rings (SSSR count). The van der Waals surface area contributed by atoms with Crippen LogP contribution in [-0.2, 0) is 13.5 Å². The maximum Gasteiger partial charge on any atom is 0.123 e. The monoisotopic (exact) mass is 270 g/mol. The number of halogens is 1. The second-order valence-corrected chi connectivity index (χ2v) is 5.97.